The Hall–Kier alpha value is 0.330. The lowest BCUT2D eigenvalue weighted by molar-refractivity contribution is -0.0195. The van der Waals surface area contributed by atoms with Gasteiger partial charge in [0.1, 0.15) is 0 Å². The zero-order chi connectivity index (χ0) is 10.1. The molecule has 13 heavy (non-hydrogen) atoms. The highest BCUT2D eigenvalue weighted by molar-refractivity contribution is 6.25. The van der Waals surface area contributed by atoms with Crippen LogP contribution in [0.15, 0.2) is 0 Å². The SMILES string of the molecule is FC(C(Cl)C1CCCO1)C(F)(F)Cl. The lowest BCUT2D eigenvalue weighted by Crippen LogP contribution is -2.39. The zero-order valence-electron chi connectivity index (χ0n) is 6.65. The molecule has 0 radical (unpaired) electrons. The van der Waals surface area contributed by atoms with Crippen molar-refractivity contribution in [2.45, 2.75) is 35.9 Å². The van der Waals surface area contributed by atoms with Crippen LogP contribution in [0.25, 0.3) is 0 Å². The van der Waals surface area contributed by atoms with Gasteiger partial charge < -0.3 is 4.74 Å². The van der Waals surface area contributed by atoms with Gasteiger partial charge in [0.15, 0.2) is 6.17 Å². The van der Waals surface area contributed by atoms with Crippen LogP contribution in [0.1, 0.15) is 12.8 Å². The first kappa shape index (κ1) is 11.4. The van der Waals surface area contributed by atoms with Gasteiger partial charge in [0, 0.05) is 6.61 Å². The first-order chi connectivity index (χ1) is 5.93. The third-order valence-corrected chi connectivity index (χ3v) is 2.62. The van der Waals surface area contributed by atoms with Crippen LogP contribution in [-0.4, -0.2) is 29.6 Å². The van der Waals surface area contributed by atoms with Crippen LogP contribution in [0, 0.1) is 0 Å². The largest absolute Gasteiger partial charge is 0.377 e. The van der Waals surface area contributed by atoms with Crippen LogP contribution in [0.5, 0.6) is 0 Å². The molecule has 0 saturated carbocycles. The fourth-order valence-electron chi connectivity index (χ4n) is 1.22. The van der Waals surface area contributed by atoms with Gasteiger partial charge in [-0.3, -0.25) is 0 Å². The normalized spacial score (nSPS) is 28.8. The van der Waals surface area contributed by atoms with Crippen molar-refractivity contribution in [2.24, 2.45) is 0 Å². The molecule has 1 rings (SSSR count). The standard InChI is InChI=1S/C7H9Cl2F3O/c8-5(4-2-1-3-13-4)6(10)7(9,11)12/h4-6H,1-3H2. The molecule has 0 aromatic rings. The highest BCUT2D eigenvalue weighted by atomic mass is 35.5. The Balaban J connectivity index is 2.50. The van der Waals surface area contributed by atoms with Crippen molar-refractivity contribution in [1.29, 1.82) is 0 Å². The molecule has 0 aromatic carbocycles. The summed E-state index contributed by atoms with van der Waals surface area (Å²) in [6.07, 6.45) is -2.00. The summed E-state index contributed by atoms with van der Waals surface area (Å²) < 4.78 is 42.4. The molecule has 0 amide bonds. The molecule has 3 atom stereocenters. The van der Waals surface area contributed by atoms with E-state index >= 15 is 0 Å². The predicted octanol–water partition coefficient (Wildman–Crippen LogP) is 2.94. The molecule has 1 fully saturated rings. The van der Waals surface area contributed by atoms with Gasteiger partial charge in [-0.1, -0.05) is 0 Å². The average Bonchev–Trinajstić information content (AvgIpc) is 2.51. The third kappa shape index (κ3) is 2.89. The average molecular weight is 237 g/mol. The fourth-order valence-corrected chi connectivity index (χ4v) is 1.78. The first-order valence-electron chi connectivity index (χ1n) is 3.89. The molecule has 3 unspecified atom stereocenters. The van der Waals surface area contributed by atoms with Gasteiger partial charge in [0.25, 0.3) is 0 Å². The minimum Gasteiger partial charge on any atom is -0.377 e. The topological polar surface area (TPSA) is 9.23 Å². The second-order valence-electron chi connectivity index (χ2n) is 2.94. The van der Waals surface area contributed by atoms with Gasteiger partial charge in [-0.25, -0.2) is 4.39 Å². The molecular formula is C7H9Cl2F3O. The number of alkyl halides is 5. The van der Waals surface area contributed by atoms with Crippen LogP contribution in [-0.2, 0) is 4.74 Å². The molecule has 1 aliphatic heterocycles. The number of ether oxygens (including phenoxy) is 1. The second-order valence-corrected chi connectivity index (χ2v) is 3.95. The van der Waals surface area contributed by atoms with Crippen molar-refractivity contribution in [1.82, 2.24) is 0 Å². The molecular weight excluding hydrogens is 228 g/mol. The van der Waals surface area contributed by atoms with E-state index in [1.54, 1.807) is 0 Å². The summed E-state index contributed by atoms with van der Waals surface area (Å²) in [7, 11) is 0. The van der Waals surface area contributed by atoms with E-state index in [0.29, 0.717) is 19.4 Å². The van der Waals surface area contributed by atoms with E-state index in [0.717, 1.165) is 0 Å². The lowest BCUT2D eigenvalue weighted by atomic mass is 10.1. The maximum absolute atomic E-state index is 12.9. The minimum atomic E-state index is -3.92. The number of halogens is 5. The van der Waals surface area contributed by atoms with Crippen LogP contribution < -0.4 is 0 Å². The smallest absolute Gasteiger partial charge is 0.353 e. The summed E-state index contributed by atoms with van der Waals surface area (Å²) >= 11 is 9.97. The van der Waals surface area contributed by atoms with Gasteiger partial charge in [0.2, 0.25) is 0 Å². The molecule has 1 aliphatic rings. The maximum Gasteiger partial charge on any atom is 0.353 e. The third-order valence-electron chi connectivity index (χ3n) is 1.91. The Morgan fingerprint density at radius 1 is 1.46 bits per heavy atom. The number of hydrogen-bond donors (Lipinski definition) is 0. The van der Waals surface area contributed by atoms with Gasteiger partial charge in [-0.2, -0.15) is 8.78 Å². The molecule has 0 spiro atoms. The van der Waals surface area contributed by atoms with Crippen molar-refractivity contribution in [3.8, 4) is 0 Å². The van der Waals surface area contributed by atoms with E-state index in [1.807, 2.05) is 0 Å². The van der Waals surface area contributed by atoms with Crippen molar-refractivity contribution in [3.05, 3.63) is 0 Å². The van der Waals surface area contributed by atoms with Crippen LogP contribution in [0.3, 0.4) is 0 Å². The summed E-state index contributed by atoms with van der Waals surface area (Å²) in [6, 6.07) is 0. The molecule has 1 heterocycles. The van der Waals surface area contributed by atoms with Crippen LogP contribution in [0.2, 0.25) is 0 Å². The van der Waals surface area contributed by atoms with E-state index in [1.165, 1.54) is 0 Å². The summed E-state index contributed by atoms with van der Waals surface area (Å²) in [5, 5.41) is -5.30. The quantitative estimate of drug-likeness (QED) is 0.685. The van der Waals surface area contributed by atoms with Gasteiger partial charge >= 0.3 is 5.38 Å². The summed E-state index contributed by atoms with van der Waals surface area (Å²) in [4.78, 5) is 0. The first-order valence-corrected chi connectivity index (χ1v) is 4.71. The van der Waals surface area contributed by atoms with E-state index in [9.17, 15) is 13.2 Å². The van der Waals surface area contributed by atoms with E-state index < -0.39 is 23.0 Å². The molecule has 6 heteroatoms. The fraction of sp³-hybridized carbons (Fsp3) is 1.00. The van der Waals surface area contributed by atoms with Crippen LogP contribution >= 0.6 is 23.2 Å². The monoisotopic (exact) mass is 236 g/mol. The molecule has 0 N–H and O–H groups in total. The predicted molar refractivity (Wildman–Crippen MR) is 44.3 cm³/mol. The highest BCUT2D eigenvalue weighted by Crippen LogP contribution is 2.34. The summed E-state index contributed by atoms with van der Waals surface area (Å²) in [5.41, 5.74) is 0. The van der Waals surface area contributed by atoms with Crippen molar-refractivity contribution in [2.75, 3.05) is 6.61 Å². The van der Waals surface area contributed by atoms with Gasteiger partial charge in [0.05, 0.1) is 11.5 Å². The molecule has 0 aromatic heterocycles. The van der Waals surface area contributed by atoms with E-state index in [2.05, 4.69) is 11.6 Å². The molecule has 1 saturated heterocycles. The Labute approximate surface area is 84.1 Å². The summed E-state index contributed by atoms with van der Waals surface area (Å²) in [5.74, 6) is 0. The number of hydrogen-bond acceptors (Lipinski definition) is 1. The van der Waals surface area contributed by atoms with E-state index in [-0.39, 0.29) is 0 Å². The molecule has 78 valence electrons. The molecule has 0 aliphatic carbocycles. The Kier molecular flexibility index (Phi) is 3.72. The zero-order valence-corrected chi connectivity index (χ0v) is 8.16. The number of rotatable bonds is 3. The second kappa shape index (κ2) is 4.24. The summed E-state index contributed by atoms with van der Waals surface area (Å²) in [6.45, 7) is 0.439. The van der Waals surface area contributed by atoms with Crippen molar-refractivity contribution in [3.63, 3.8) is 0 Å². The van der Waals surface area contributed by atoms with Crippen molar-refractivity contribution < 1.29 is 17.9 Å². The van der Waals surface area contributed by atoms with E-state index in [4.69, 9.17) is 16.3 Å². The maximum atomic E-state index is 12.9. The minimum absolute atomic E-state index is 0.439. The van der Waals surface area contributed by atoms with Gasteiger partial charge in [-0.15, -0.1) is 11.6 Å². The Morgan fingerprint density at radius 2 is 2.08 bits per heavy atom. The molecule has 0 bridgehead atoms. The highest BCUT2D eigenvalue weighted by Gasteiger charge is 2.46. The Morgan fingerprint density at radius 3 is 2.46 bits per heavy atom. The molecule has 1 nitrogen and oxygen atoms in total. The van der Waals surface area contributed by atoms with Crippen LogP contribution in [0.4, 0.5) is 13.2 Å². The van der Waals surface area contributed by atoms with Crippen molar-refractivity contribution >= 4 is 23.2 Å². The Bertz CT molecular complexity index is 168. The lowest BCUT2D eigenvalue weighted by Gasteiger charge is -2.22. The van der Waals surface area contributed by atoms with Gasteiger partial charge in [-0.05, 0) is 24.4 Å².